The van der Waals surface area contributed by atoms with Crippen LogP contribution in [0.3, 0.4) is 0 Å². The first-order valence-corrected chi connectivity index (χ1v) is 5.80. The molecule has 1 amide bonds. The van der Waals surface area contributed by atoms with Gasteiger partial charge in [-0.15, -0.1) is 0 Å². The monoisotopic (exact) mass is 231 g/mol. The van der Waals surface area contributed by atoms with E-state index in [1.807, 2.05) is 35.8 Å². The zero-order chi connectivity index (χ0) is 11.1. The molecule has 0 spiro atoms. The van der Waals surface area contributed by atoms with Crippen molar-refractivity contribution in [3.63, 3.8) is 0 Å². The van der Waals surface area contributed by atoms with Gasteiger partial charge in [0, 0.05) is 11.1 Å². The molecule has 2 aliphatic heterocycles. The summed E-state index contributed by atoms with van der Waals surface area (Å²) in [6.45, 7) is 0. The van der Waals surface area contributed by atoms with Crippen LogP contribution in [0.15, 0.2) is 58.0 Å². The Morgan fingerprint density at radius 2 is 2.25 bits per heavy atom. The van der Waals surface area contributed by atoms with E-state index in [-0.39, 0.29) is 6.04 Å². The fraction of sp³-hybridized carbons (Fsp3) is 0.0833. The molecule has 16 heavy (non-hydrogen) atoms. The van der Waals surface area contributed by atoms with Gasteiger partial charge in [0.05, 0.1) is 6.04 Å². The molecular weight excluding hydrogens is 222 g/mol. The van der Waals surface area contributed by atoms with Crippen molar-refractivity contribution in [1.82, 2.24) is 4.90 Å². The Balaban J connectivity index is 2.07. The average molecular weight is 231 g/mol. The molecule has 0 aromatic carbocycles. The fourth-order valence-electron chi connectivity index (χ4n) is 2.09. The summed E-state index contributed by atoms with van der Waals surface area (Å²) in [4.78, 5) is 13.6. The van der Waals surface area contributed by atoms with E-state index in [0.717, 1.165) is 16.1 Å². The minimum Gasteiger partial charge on any atom is -0.465 e. The zero-order valence-corrected chi connectivity index (χ0v) is 9.15. The predicted octanol–water partition coefficient (Wildman–Crippen LogP) is 2.87. The Hall–Kier alpha value is -1.68. The highest BCUT2D eigenvalue weighted by molar-refractivity contribution is 8.06. The molecule has 0 saturated carbocycles. The van der Waals surface area contributed by atoms with Crippen LogP contribution in [0, 0.1) is 0 Å². The molecule has 0 radical (unpaired) electrons. The first-order chi connectivity index (χ1) is 7.77. The number of carbonyl (C=O) groups is 1. The third-order valence-electron chi connectivity index (χ3n) is 2.80. The number of thioether (sulfide) groups is 1. The van der Waals surface area contributed by atoms with Gasteiger partial charge in [-0.2, -0.15) is 0 Å². The van der Waals surface area contributed by atoms with Crippen molar-refractivity contribution in [1.29, 1.82) is 0 Å². The minimum absolute atomic E-state index is 0.157. The van der Waals surface area contributed by atoms with Gasteiger partial charge in [0.15, 0.2) is 0 Å². The maximum Gasteiger partial charge on any atom is 0.412 e. The summed E-state index contributed by atoms with van der Waals surface area (Å²) >= 11 is 1.63. The molecule has 1 atom stereocenters. The molecule has 3 rings (SSSR count). The molecular formula is C12H9NO2S. The van der Waals surface area contributed by atoms with E-state index in [0.29, 0.717) is 0 Å². The lowest BCUT2D eigenvalue weighted by atomic mass is 9.94. The van der Waals surface area contributed by atoms with Crippen molar-refractivity contribution in [2.75, 3.05) is 0 Å². The first-order valence-electron chi connectivity index (χ1n) is 4.92. The van der Waals surface area contributed by atoms with Crippen LogP contribution in [0.4, 0.5) is 4.79 Å². The lowest BCUT2D eigenvalue weighted by Crippen LogP contribution is -2.35. The van der Waals surface area contributed by atoms with Crippen molar-refractivity contribution < 1.29 is 9.90 Å². The highest BCUT2D eigenvalue weighted by atomic mass is 32.2. The predicted molar refractivity (Wildman–Crippen MR) is 63.8 cm³/mol. The van der Waals surface area contributed by atoms with E-state index >= 15 is 0 Å². The molecule has 1 N–H and O–H groups in total. The van der Waals surface area contributed by atoms with Gasteiger partial charge in [0.1, 0.15) is 0 Å². The second-order valence-electron chi connectivity index (χ2n) is 3.67. The summed E-state index contributed by atoms with van der Waals surface area (Å²) < 4.78 is 0. The number of nitrogens with zero attached hydrogens (tertiary/aromatic N) is 1. The van der Waals surface area contributed by atoms with Crippen LogP contribution in [-0.4, -0.2) is 22.1 Å². The van der Waals surface area contributed by atoms with Crippen molar-refractivity contribution in [2.45, 2.75) is 6.04 Å². The second kappa shape index (κ2) is 3.42. The van der Waals surface area contributed by atoms with Gasteiger partial charge >= 0.3 is 6.09 Å². The van der Waals surface area contributed by atoms with E-state index in [1.54, 1.807) is 18.0 Å². The van der Waals surface area contributed by atoms with Crippen molar-refractivity contribution in [2.24, 2.45) is 0 Å². The Kier molecular flexibility index (Phi) is 2.04. The lowest BCUT2D eigenvalue weighted by Gasteiger charge is -2.29. The average Bonchev–Trinajstić information content (AvgIpc) is 2.73. The van der Waals surface area contributed by atoms with E-state index in [4.69, 9.17) is 5.11 Å². The van der Waals surface area contributed by atoms with Gasteiger partial charge in [-0.25, -0.2) is 4.79 Å². The number of hydrogen-bond donors (Lipinski definition) is 1. The van der Waals surface area contributed by atoms with Crippen LogP contribution >= 0.6 is 11.8 Å². The highest BCUT2D eigenvalue weighted by Crippen LogP contribution is 2.41. The van der Waals surface area contributed by atoms with Gasteiger partial charge in [0.25, 0.3) is 0 Å². The second-order valence-corrected chi connectivity index (χ2v) is 4.62. The first kappa shape index (κ1) is 9.54. The number of allylic oxidation sites excluding steroid dienone is 4. The molecule has 3 nitrogen and oxygen atoms in total. The summed E-state index contributed by atoms with van der Waals surface area (Å²) in [6, 6.07) is -0.157. The number of carboxylic acid groups (broad SMARTS) is 1. The maximum atomic E-state index is 11.1. The van der Waals surface area contributed by atoms with Gasteiger partial charge in [-0.3, -0.25) is 4.90 Å². The third-order valence-corrected chi connectivity index (χ3v) is 3.72. The molecule has 0 fully saturated rings. The van der Waals surface area contributed by atoms with E-state index in [1.165, 1.54) is 4.90 Å². The third kappa shape index (κ3) is 1.27. The molecule has 3 aliphatic rings. The van der Waals surface area contributed by atoms with Gasteiger partial charge in [0.2, 0.25) is 0 Å². The molecule has 1 unspecified atom stereocenters. The molecule has 4 heteroatoms. The molecule has 0 aromatic heterocycles. The van der Waals surface area contributed by atoms with Crippen molar-refractivity contribution >= 4 is 17.9 Å². The molecule has 80 valence electrons. The Bertz CT molecular complexity index is 511. The summed E-state index contributed by atoms with van der Waals surface area (Å²) in [5, 5.41) is 11.1. The number of fused-ring (bicyclic) bond motifs is 3. The maximum absolute atomic E-state index is 11.1. The van der Waals surface area contributed by atoms with E-state index < -0.39 is 6.09 Å². The van der Waals surface area contributed by atoms with Gasteiger partial charge in [-0.05, 0) is 28.7 Å². The molecule has 0 bridgehead atoms. The topological polar surface area (TPSA) is 40.5 Å². The van der Waals surface area contributed by atoms with Crippen LogP contribution in [0.1, 0.15) is 0 Å². The largest absolute Gasteiger partial charge is 0.465 e. The SMILES string of the molecule is O=C(O)N1C=CC2=CC=C3SC=CC=C3C21. The number of rotatable bonds is 0. The van der Waals surface area contributed by atoms with Crippen LogP contribution in [0.25, 0.3) is 0 Å². The van der Waals surface area contributed by atoms with Crippen molar-refractivity contribution in [3.05, 3.63) is 58.0 Å². The molecule has 0 aromatic rings. The quantitative estimate of drug-likeness (QED) is 0.697. The summed E-state index contributed by atoms with van der Waals surface area (Å²) in [7, 11) is 0. The fourth-order valence-corrected chi connectivity index (χ4v) is 2.86. The number of amides is 1. The van der Waals surface area contributed by atoms with E-state index in [9.17, 15) is 4.79 Å². The van der Waals surface area contributed by atoms with Crippen LogP contribution in [0.2, 0.25) is 0 Å². The molecule has 0 saturated heterocycles. The van der Waals surface area contributed by atoms with Crippen LogP contribution in [-0.2, 0) is 0 Å². The Labute approximate surface area is 97.1 Å². The summed E-state index contributed by atoms with van der Waals surface area (Å²) in [5.41, 5.74) is 2.10. The van der Waals surface area contributed by atoms with Crippen LogP contribution < -0.4 is 0 Å². The van der Waals surface area contributed by atoms with Crippen molar-refractivity contribution in [3.8, 4) is 0 Å². The van der Waals surface area contributed by atoms with Gasteiger partial charge < -0.3 is 5.11 Å². The summed E-state index contributed by atoms with van der Waals surface area (Å²) in [5.74, 6) is 0. The van der Waals surface area contributed by atoms with E-state index in [2.05, 4.69) is 0 Å². The Morgan fingerprint density at radius 1 is 1.38 bits per heavy atom. The van der Waals surface area contributed by atoms with Crippen LogP contribution in [0.5, 0.6) is 0 Å². The minimum atomic E-state index is -0.911. The molecule has 1 aliphatic carbocycles. The summed E-state index contributed by atoms with van der Waals surface area (Å²) in [6.07, 6.45) is 10.5. The lowest BCUT2D eigenvalue weighted by molar-refractivity contribution is 0.160. The smallest absolute Gasteiger partial charge is 0.412 e. The zero-order valence-electron chi connectivity index (χ0n) is 8.33. The molecule has 2 heterocycles. The number of hydrogen-bond acceptors (Lipinski definition) is 2. The Morgan fingerprint density at radius 3 is 3.06 bits per heavy atom. The highest BCUT2D eigenvalue weighted by Gasteiger charge is 2.34. The normalized spacial score (nSPS) is 25.6. The van der Waals surface area contributed by atoms with Gasteiger partial charge in [-0.1, -0.05) is 30.0 Å². The standard InChI is InChI=1S/C12H9NO2S/c14-12(15)13-6-5-8-3-4-10-9(11(8)13)2-1-7-16-10/h1-7,11H,(H,14,15).